The van der Waals surface area contributed by atoms with Crippen LogP contribution in [-0.2, 0) is 4.74 Å². The van der Waals surface area contributed by atoms with Crippen LogP contribution in [0.25, 0.3) is 11.0 Å². The summed E-state index contributed by atoms with van der Waals surface area (Å²) in [4.78, 5) is 0. The lowest BCUT2D eigenvalue weighted by molar-refractivity contribution is 0.00823. The molecule has 2 aromatic rings. The summed E-state index contributed by atoms with van der Waals surface area (Å²) in [6.45, 7) is 0.883. The molecule has 0 saturated carbocycles. The Morgan fingerprint density at radius 3 is 3.00 bits per heavy atom. The van der Waals surface area contributed by atoms with Gasteiger partial charge in [-0.25, -0.2) is 5.43 Å². The lowest BCUT2D eigenvalue weighted by Gasteiger charge is -2.24. The fourth-order valence-electron chi connectivity index (χ4n) is 2.90. The van der Waals surface area contributed by atoms with E-state index in [9.17, 15) is 0 Å². The second-order valence-electron chi connectivity index (χ2n) is 5.62. The number of rotatable bonds is 5. The Labute approximate surface area is 129 Å². The number of ether oxygens (including phenoxy) is 1. The van der Waals surface area contributed by atoms with E-state index in [2.05, 4.69) is 5.43 Å². The zero-order valence-corrected chi connectivity index (χ0v) is 12.7. The number of nitrogens with two attached hydrogens (primary N) is 1. The van der Waals surface area contributed by atoms with E-state index in [-0.39, 0.29) is 6.04 Å². The van der Waals surface area contributed by atoms with E-state index in [0.29, 0.717) is 11.1 Å². The van der Waals surface area contributed by atoms with Crippen molar-refractivity contribution in [2.45, 2.75) is 44.2 Å². The Morgan fingerprint density at radius 1 is 1.33 bits per heavy atom. The molecule has 0 bridgehead atoms. The summed E-state index contributed by atoms with van der Waals surface area (Å²) in [7, 11) is 0. The lowest BCUT2D eigenvalue weighted by Crippen LogP contribution is -2.29. The van der Waals surface area contributed by atoms with Crippen LogP contribution >= 0.6 is 11.6 Å². The average Bonchev–Trinajstić information content (AvgIpc) is 2.92. The molecule has 3 N–H and O–H groups in total. The van der Waals surface area contributed by atoms with Crippen molar-refractivity contribution in [3.63, 3.8) is 0 Å². The molecule has 2 unspecified atom stereocenters. The average molecular weight is 309 g/mol. The summed E-state index contributed by atoms with van der Waals surface area (Å²) in [6.07, 6.45) is 5.83. The maximum atomic E-state index is 6.01. The number of hydrazine groups is 1. The molecule has 1 aromatic heterocycles. The van der Waals surface area contributed by atoms with Crippen LogP contribution in [0.3, 0.4) is 0 Å². The molecular weight excluding hydrogens is 288 g/mol. The van der Waals surface area contributed by atoms with Gasteiger partial charge in [-0.1, -0.05) is 11.6 Å². The van der Waals surface area contributed by atoms with E-state index < -0.39 is 0 Å². The number of nitrogens with one attached hydrogen (secondary N) is 1. The van der Waals surface area contributed by atoms with Crippen molar-refractivity contribution in [3.05, 3.63) is 35.0 Å². The van der Waals surface area contributed by atoms with Crippen LogP contribution in [0.5, 0.6) is 0 Å². The topological polar surface area (TPSA) is 60.4 Å². The molecule has 0 aliphatic carbocycles. The van der Waals surface area contributed by atoms with Crippen molar-refractivity contribution >= 4 is 22.6 Å². The molecule has 0 amide bonds. The summed E-state index contributed by atoms with van der Waals surface area (Å²) in [5, 5.41) is 1.72. The number of halogens is 1. The van der Waals surface area contributed by atoms with Crippen molar-refractivity contribution in [2.24, 2.45) is 5.84 Å². The summed E-state index contributed by atoms with van der Waals surface area (Å²) >= 11 is 6.01. The molecule has 1 fully saturated rings. The lowest BCUT2D eigenvalue weighted by atomic mass is 10.0. The quantitative estimate of drug-likeness (QED) is 0.649. The van der Waals surface area contributed by atoms with Gasteiger partial charge in [-0.3, -0.25) is 5.84 Å². The number of hydrogen-bond donors (Lipinski definition) is 2. The minimum absolute atomic E-state index is 0.00158. The van der Waals surface area contributed by atoms with Crippen LogP contribution in [0.15, 0.2) is 28.7 Å². The molecule has 4 nitrogen and oxygen atoms in total. The minimum atomic E-state index is 0.00158. The number of benzene rings is 1. The van der Waals surface area contributed by atoms with Gasteiger partial charge in [0, 0.05) is 17.0 Å². The Morgan fingerprint density at radius 2 is 2.24 bits per heavy atom. The molecule has 21 heavy (non-hydrogen) atoms. The molecule has 1 saturated heterocycles. The third kappa shape index (κ3) is 3.58. The summed E-state index contributed by atoms with van der Waals surface area (Å²) in [5.74, 6) is 6.55. The van der Waals surface area contributed by atoms with Crippen molar-refractivity contribution in [1.29, 1.82) is 0 Å². The second-order valence-corrected chi connectivity index (χ2v) is 6.05. The zero-order chi connectivity index (χ0) is 14.7. The van der Waals surface area contributed by atoms with Gasteiger partial charge in [0.15, 0.2) is 0 Å². The minimum Gasteiger partial charge on any atom is -0.459 e. The van der Waals surface area contributed by atoms with E-state index in [1.165, 1.54) is 12.8 Å². The van der Waals surface area contributed by atoms with Crippen molar-refractivity contribution in [2.75, 3.05) is 6.61 Å². The van der Waals surface area contributed by atoms with Crippen LogP contribution in [-0.4, -0.2) is 12.7 Å². The van der Waals surface area contributed by atoms with Crippen molar-refractivity contribution in [1.82, 2.24) is 5.43 Å². The summed E-state index contributed by atoms with van der Waals surface area (Å²) in [6, 6.07) is 7.63. The van der Waals surface area contributed by atoms with Crippen LogP contribution < -0.4 is 11.3 Å². The fraction of sp³-hybridized carbons (Fsp3) is 0.500. The zero-order valence-electron chi connectivity index (χ0n) is 12.0. The molecule has 3 rings (SSSR count). The van der Waals surface area contributed by atoms with E-state index in [1.807, 2.05) is 24.3 Å². The van der Waals surface area contributed by atoms with Crippen LogP contribution in [0.4, 0.5) is 0 Å². The van der Waals surface area contributed by atoms with Gasteiger partial charge in [-0.15, -0.1) is 0 Å². The molecule has 2 atom stereocenters. The predicted molar refractivity (Wildman–Crippen MR) is 84.1 cm³/mol. The van der Waals surface area contributed by atoms with Gasteiger partial charge in [0.05, 0.1) is 12.1 Å². The first kappa shape index (κ1) is 14.9. The number of fused-ring (bicyclic) bond motifs is 1. The van der Waals surface area contributed by atoms with E-state index in [4.69, 9.17) is 26.6 Å². The largest absolute Gasteiger partial charge is 0.459 e. The molecule has 0 spiro atoms. The first-order valence-corrected chi connectivity index (χ1v) is 7.91. The van der Waals surface area contributed by atoms with Gasteiger partial charge >= 0.3 is 0 Å². The highest BCUT2D eigenvalue weighted by atomic mass is 35.5. The van der Waals surface area contributed by atoms with E-state index >= 15 is 0 Å². The third-order valence-corrected chi connectivity index (χ3v) is 4.33. The number of hydrogen-bond acceptors (Lipinski definition) is 4. The normalized spacial score (nSPS) is 20.8. The SMILES string of the molecule is NNC(CCC1CCCCO1)c1cc2cc(Cl)ccc2o1. The molecule has 1 aliphatic heterocycles. The highest BCUT2D eigenvalue weighted by Gasteiger charge is 2.19. The summed E-state index contributed by atoms with van der Waals surface area (Å²) in [5.41, 5.74) is 3.69. The molecule has 5 heteroatoms. The van der Waals surface area contributed by atoms with Gasteiger partial charge in [0.1, 0.15) is 11.3 Å². The smallest absolute Gasteiger partial charge is 0.134 e. The van der Waals surface area contributed by atoms with Crippen LogP contribution in [0.2, 0.25) is 5.02 Å². The molecule has 1 aromatic carbocycles. The standard InChI is InChI=1S/C16H21ClN2O2/c17-12-4-7-15-11(9-12)10-16(21-15)14(19-18)6-5-13-3-1-2-8-20-13/h4,7,9-10,13-14,19H,1-3,5-6,8,18H2. The molecule has 2 heterocycles. The van der Waals surface area contributed by atoms with Crippen LogP contribution in [0.1, 0.15) is 43.9 Å². The predicted octanol–water partition coefficient (Wildman–Crippen LogP) is 3.94. The Hall–Kier alpha value is -1.07. The highest BCUT2D eigenvalue weighted by molar-refractivity contribution is 6.31. The van der Waals surface area contributed by atoms with Gasteiger partial charge in [-0.05, 0) is 56.4 Å². The maximum absolute atomic E-state index is 6.01. The van der Waals surface area contributed by atoms with Gasteiger partial charge in [0.2, 0.25) is 0 Å². The van der Waals surface area contributed by atoms with Gasteiger partial charge < -0.3 is 9.15 Å². The second kappa shape index (κ2) is 6.79. The molecule has 0 radical (unpaired) electrons. The van der Waals surface area contributed by atoms with E-state index in [1.54, 1.807) is 0 Å². The Kier molecular flexibility index (Phi) is 4.80. The monoisotopic (exact) mass is 308 g/mol. The summed E-state index contributed by atoms with van der Waals surface area (Å²) < 4.78 is 11.6. The van der Waals surface area contributed by atoms with Gasteiger partial charge in [0.25, 0.3) is 0 Å². The third-order valence-electron chi connectivity index (χ3n) is 4.09. The fourth-order valence-corrected chi connectivity index (χ4v) is 3.08. The van der Waals surface area contributed by atoms with Gasteiger partial charge in [-0.2, -0.15) is 0 Å². The first-order valence-electron chi connectivity index (χ1n) is 7.53. The highest BCUT2D eigenvalue weighted by Crippen LogP contribution is 2.29. The number of furan rings is 1. The van der Waals surface area contributed by atoms with Crippen molar-refractivity contribution < 1.29 is 9.15 Å². The molecule has 114 valence electrons. The van der Waals surface area contributed by atoms with Crippen molar-refractivity contribution in [3.8, 4) is 0 Å². The molecule has 1 aliphatic rings. The maximum Gasteiger partial charge on any atom is 0.134 e. The Balaban J connectivity index is 1.68. The van der Waals surface area contributed by atoms with Crippen LogP contribution in [0, 0.1) is 0 Å². The van der Waals surface area contributed by atoms with E-state index in [0.717, 1.165) is 42.6 Å². The Bertz CT molecular complexity index is 593. The first-order chi connectivity index (χ1) is 10.3. The molecular formula is C16H21ClN2O2.